The van der Waals surface area contributed by atoms with Crippen LogP contribution in [0.4, 0.5) is 34.8 Å². The topological polar surface area (TPSA) is 92.1 Å². The average molecular weight is 576 g/mol. The first-order valence-electron chi connectivity index (χ1n) is 12.0. The Morgan fingerprint density at radius 1 is 1.12 bits per heavy atom. The van der Waals surface area contributed by atoms with Crippen LogP contribution in [0.15, 0.2) is 72.0 Å². The third-order valence-corrected chi connectivity index (χ3v) is 6.16. The number of alkyl halides is 3. The summed E-state index contributed by atoms with van der Waals surface area (Å²) < 4.78 is 63.7. The summed E-state index contributed by atoms with van der Waals surface area (Å²) in [7, 11) is 0. The molecule has 1 fully saturated rings. The maximum Gasteiger partial charge on any atom is 0.406 e. The molecule has 0 bridgehead atoms. The number of ether oxygens (including phenoxy) is 2. The van der Waals surface area contributed by atoms with Crippen molar-refractivity contribution in [2.75, 3.05) is 25.0 Å². The van der Waals surface area contributed by atoms with E-state index in [0.29, 0.717) is 44.4 Å². The Kier molecular flexibility index (Phi) is 7.90. The zero-order valence-electron chi connectivity index (χ0n) is 20.7. The Balaban J connectivity index is 1.36. The molecule has 1 aliphatic rings. The van der Waals surface area contributed by atoms with Crippen LogP contribution < -0.4 is 10.1 Å². The van der Waals surface area contributed by atoms with E-state index in [0.717, 1.165) is 4.90 Å². The molecule has 4 aromatic rings. The van der Waals surface area contributed by atoms with Crippen LogP contribution in [-0.2, 0) is 11.3 Å². The number of hydrogen-bond donors (Lipinski definition) is 2. The summed E-state index contributed by atoms with van der Waals surface area (Å²) in [5.74, 6) is 0.453. The molecule has 5 rings (SSSR count). The van der Waals surface area contributed by atoms with Crippen LogP contribution in [0, 0.1) is 5.82 Å². The van der Waals surface area contributed by atoms with E-state index in [2.05, 4.69) is 20.3 Å². The van der Waals surface area contributed by atoms with Gasteiger partial charge in [0.2, 0.25) is 0 Å². The van der Waals surface area contributed by atoms with Gasteiger partial charge >= 0.3 is 6.18 Å². The second-order valence-electron chi connectivity index (χ2n) is 8.93. The smallest absolute Gasteiger partial charge is 0.406 e. The fraction of sp³-hybridized carbons (Fsp3) is 0.222. The number of anilines is 2. The highest BCUT2D eigenvalue weighted by molar-refractivity contribution is 6.32. The lowest BCUT2D eigenvalue weighted by atomic mass is 10.2. The van der Waals surface area contributed by atoms with Crippen molar-refractivity contribution < 1.29 is 32.1 Å². The first-order valence-corrected chi connectivity index (χ1v) is 12.4. The zero-order valence-corrected chi connectivity index (χ0v) is 21.5. The lowest BCUT2D eigenvalue weighted by Crippen LogP contribution is -2.36. The predicted molar refractivity (Wildman–Crippen MR) is 142 cm³/mol. The molecule has 3 aromatic carbocycles. The van der Waals surface area contributed by atoms with Crippen LogP contribution in [-0.4, -0.2) is 58.0 Å². The van der Waals surface area contributed by atoms with Crippen LogP contribution in [0.5, 0.6) is 5.75 Å². The highest BCUT2D eigenvalue weighted by atomic mass is 35.5. The molecule has 1 atom stereocenters. The molecule has 13 heteroatoms. The summed E-state index contributed by atoms with van der Waals surface area (Å²) in [4.78, 5) is 13.7. The molecule has 0 saturated carbocycles. The van der Waals surface area contributed by atoms with E-state index in [1.807, 2.05) is 0 Å². The molecule has 2 N–H and O–H groups in total. The van der Waals surface area contributed by atoms with Gasteiger partial charge in [0.25, 0.3) is 6.02 Å². The molecule has 0 aliphatic carbocycles. The highest BCUT2D eigenvalue weighted by Crippen LogP contribution is 2.32. The molecule has 1 aliphatic heterocycles. The number of aliphatic imine (C=N–C) groups is 1. The predicted octanol–water partition coefficient (Wildman–Crippen LogP) is 5.99. The second-order valence-corrected chi connectivity index (χ2v) is 9.33. The van der Waals surface area contributed by atoms with E-state index >= 15 is 0 Å². The van der Waals surface area contributed by atoms with Crippen LogP contribution in [0.2, 0.25) is 5.02 Å². The highest BCUT2D eigenvalue weighted by Gasteiger charge is 2.38. The van der Waals surface area contributed by atoms with Crippen molar-refractivity contribution in [3.63, 3.8) is 0 Å². The molecule has 0 spiro atoms. The van der Waals surface area contributed by atoms with Gasteiger partial charge in [-0.1, -0.05) is 23.7 Å². The van der Waals surface area contributed by atoms with Gasteiger partial charge in [-0.3, -0.25) is 0 Å². The number of fused-ring (bicyclic) bond motifs is 1. The molecule has 1 unspecified atom stereocenters. The number of halogens is 5. The van der Waals surface area contributed by atoms with Crippen molar-refractivity contribution in [2.45, 2.75) is 18.9 Å². The first kappa shape index (κ1) is 27.4. The minimum atomic E-state index is -4.47. The monoisotopic (exact) mass is 575 g/mol. The fourth-order valence-corrected chi connectivity index (χ4v) is 4.30. The van der Waals surface area contributed by atoms with E-state index in [-0.39, 0.29) is 25.0 Å². The lowest BCUT2D eigenvalue weighted by Gasteiger charge is -2.17. The quantitative estimate of drug-likeness (QED) is 0.249. The van der Waals surface area contributed by atoms with Gasteiger partial charge in [0, 0.05) is 11.1 Å². The Morgan fingerprint density at radius 3 is 2.73 bits per heavy atom. The Hall–Kier alpha value is -4.16. The number of aromatic nitrogens is 2. The molecule has 0 amide bonds. The van der Waals surface area contributed by atoms with Gasteiger partial charge in [-0.05, 0) is 54.1 Å². The molecule has 1 saturated heterocycles. The summed E-state index contributed by atoms with van der Waals surface area (Å²) in [5, 5.41) is 13.4. The van der Waals surface area contributed by atoms with Crippen molar-refractivity contribution >= 4 is 45.7 Å². The second kappa shape index (κ2) is 11.5. The first-order chi connectivity index (χ1) is 19.2. The van der Waals surface area contributed by atoms with Gasteiger partial charge in [0.1, 0.15) is 43.0 Å². The SMILES string of the molecule is OCC1CN(CC(F)(F)F)C(=Nc2ccc3ncnc(Nc4ccc(OCc5cccc(F)c5)c(Cl)c4)c3c2)O1. The number of rotatable bonds is 8. The van der Waals surface area contributed by atoms with Crippen molar-refractivity contribution in [1.29, 1.82) is 0 Å². The van der Waals surface area contributed by atoms with Gasteiger partial charge in [-0.15, -0.1) is 0 Å². The van der Waals surface area contributed by atoms with Crippen LogP contribution in [0.3, 0.4) is 0 Å². The number of amidine groups is 1. The summed E-state index contributed by atoms with van der Waals surface area (Å²) in [6.07, 6.45) is -3.91. The van der Waals surface area contributed by atoms with E-state index in [1.165, 1.54) is 18.5 Å². The minimum Gasteiger partial charge on any atom is -0.487 e. The average Bonchev–Trinajstić information content (AvgIpc) is 3.28. The van der Waals surface area contributed by atoms with Gasteiger partial charge < -0.3 is 24.8 Å². The van der Waals surface area contributed by atoms with Crippen LogP contribution >= 0.6 is 11.6 Å². The van der Waals surface area contributed by atoms with Crippen LogP contribution in [0.1, 0.15) is 5.56 Å². The van der Waals surface area contributed by atoms with Gasteiger partial charge in [-0.2, -0.15) is 18.2 Å². The fourth-order valence-electron chi connectivity index (χ4n) is 4.07. The summed E-state index contributed by atoms with van der Waals surface area (Å²) in [5.41, 5.74) is 2.11. The molecule has 0 radical (unpaired) electrons. The summed E-state index contributed by atoms with van der Waals surface area (Å²) >= 11 is 6.41. The Bertz CT molecular complexity index is 1550. The van der Waals surface area contributed by atoms with Crippen molar-refractivity contribution in [1.82, 2.24) is 14.9 Å². The molecule has 2 heterocycles. The lowest BCUT2D eigenvalue weighted by molar-refractivity contribution is -0.137. The maximum absolute atomic E-state index is 13.4. The van der Waals surface area contributed by atoms with E-state index < -0.39 is 25.4 Å². The zero-order chi connectivity index (χ0) is 28.3. The number of nitrogens with one attached hydrogen (secondary N) is 1. The molecule has 8 nitrogen and oxygen atoms in total. The summed E-state index contributed by atoms with van der Waals surface area (Å²) in [6, 6.07) is 15.7. The molecule has 1 aromatic heterocycles. The Morgan fingerprint density at radius 2 is 1.98 bits per heavy atom. The Labute approximate surface area is 230 Å². The van der Waals surface area contributed by atoms with Crippen LogP contribution in [0.25, 0.3) is 10.9 Å². The largest absolute Gasteiger partial charge is 0.487 e. The van der Waals surface area contributed by atoms with E-state index in [1.54, 1.807) is 48.5 Å². The third kappa shape index (κ3) is 6.69. The normalized spacial score (nSPS) is 16.4. The molecule has 40 heavy (non-hydrogen) atoms. The molecular weight excluding hydrogens is 554 g/mol. The van der Waals surface area contributed by atoms with Gasteiger partial charge in [-0.25, -0.2) is 14.4 Å². The number of aliphatic hydroxyl groups is 1. The molecular formula is C27H22ClF4N5O3. The standard InChI is InChI=1S/C27H22ClF4N5O3/c28-22-10-19(5-7-24(22)39-13-16-2-1-3-17(29)8-16)35-25-21-9-18(4-6-23(21)33-15-34-25)36-26-37(14-27(30,31)32)11-20(12-38)40-26/h1-10,15,20,38H,11-14H2,(H,33,34,35). The maximum atomic E-state index is 13.4. The van der Waals surface area contributed by atoms with Gasteiger partial charge in [0.05, 0.1) is 29.4 Å². The minimum absolute atomic E-state index is 0.134. The van der Waals surface area contributed by atoms with Crippen molar-refractivity contribution in [3.8, 4) is 5.75 Å². The molecule has 208 valence electrons. The van der Waals surface area contributed by atoms with Crippen molar-refractivity contribution in [2.24, 2.45) is 4.99 Å². The van der Waals surface area contributed by atoms with Crippen molar-refractivity contribution in [3.05, 3.63) is 83.4 Å². The summed E-state index contributed by atoms with van der Waals surface area (Å²) in [6.45, 7) is -1.70. The van der Waals surface area contributed by atoms with Gasteiger partial charge in [0.15, 0.2) is 0 Å². The number of benzene rings is 3. The third-order valence-electron chi connectivity index (χ3n) is 5.86. The number of nitrogens with zero attached hydrogens (tertiary/aromatic N) is 4. The van der Waals surface area contributed by atoms with E-state index in [4.69, 9.17) is 21.1 Å². The van der Waals surface area contributed by atoms with E-state index in [9.17, 15) is 22.7 Å². The number of hydrogen-bond acceptors (Lipinski definition) is 7. The number of aliphatic hydroxyl groups excluding tert-OH is 1.